The summed E-state index contributed by atoms with van der Waals surface area (Å²) in [7, 11) is 0. The van der Waals surface area contributed by atoms with E-state index in [1.54, 1.807) is 18.3 Å². The van der Waals surface area contributed by atoms with Gasteiger partial charge >= 0.3 is 0 Å². The van der Waals surface area contributed by atoms with Crippen LogP contribution in [0.15, 0.2) is 42.1 Å². The minimum absolute atomic E-state index is 0.0391. The van der Waals surface area contributed by atoms with Crippen LogP contribution in [0.4, 0.5) is 11.4 Å². The van der Waals surface area contributed by atoms with Crippen molar-refractivity contribution >= 4 is 22.3 Å². The number of fused-ring (bicyclic) bond motifs is 1. The van der Waals surface area contributed by atoms with E-state index in [1.165, 1.54) is 11.6 Å². The van der Waals surface area contributed by atoms with Crippen LogP contribution in [0.5, 0.6) is 0 Å². The molecule has 21 heavy (non-hydrogen) atoms. The topological polar surface area (TPSA) is 80.1 Å². The molecule has 0 amide bonds. The molecule has 2 N–H and O–H groups in total. The number of rotatable bonds is 4. The molecule has 6 heteroatoms. The standard InChI is InChI=1S/C15H16N4O2/c20-19(21)14-4-3-13(12-2-1-7-17-15(12)14)18-10-11-5-8-16-9-6-11/h1-5,7,16,18H,6,8-10H2. The van der Waals surface area contributed by atoms with Crippen molar-refractivity contribution in [3.8, 4) is 0 Å². The number of anilines is 1. The average molecular weight is 284 g/mol. The van der Waals surface area contributed by atoms with Gasteiger partial charge in [-0.2, -0.15) is 0 Å². The smallest absolute Gasteiger partial charge is 0.295 e. The summed E-state index contributed by atoms with van der Waals surface area (Å²) >= 11 is 0. The van der Waals surface area contributed by atoms with E-state index in [0.717, 1.165) is 37.1 Å². The maximum Gasteiger partial charge on any atom is 0.295 e. The molecule has 0 atom stereocenters. The number of benzene rings is 1. The van der Waals surface area contributed by atoms with E-state index in [9.17, 15) is 10.1 Å². The first kappa shape index (κ1) is 13.5. The molecule has 0 spiro atoms. The second-order valence-corrected chi connectivity index (χ2v) is 4.96. The van der Waals surface area contributed by atoms with Gasteiger partial charge in [-0.05, 0) is 31.2 Å². The molecule has 0 bridgehead atoms. The zero-order valence-corrected chi connectivity index (χ0v) is 11.5. The van der Waals surface area contributed by atoms with E-state index in [0.29, 0.717) is 5.52 Å². The van der Waals surface area contributed by atoms with Gasteiger partial charge in [0.1, 0.15) is 5.52 Å². The zero-order valence-electron chi connectivity index (χ0n) is 11.5. The third-order valence-electron chi connectivity index (χ3n) is 3.61. The van der Waals surface area contributed by atoms with Gasteiger partial charge in [-0.3, -0.25) is 10.1 Å². The van der Waals surface area contributed by atoms with Crippen molar-refractivity contribution in [1.29, 1.82) is 0 Å². The number of nitro benzene ring substituents is 1. The fraction of sp³-hybridized carbons (Fsp3) is 0.267. The van der Waals surface area contributed by atoms with E-state index in [2.05, 4.69) is 21.7 Å². The highest BCUT2D eigenvalue weighted by Crippen LogP contribution is 2.29. The third-order valence-corrected chi connectivity index (χ3v) is 3.61. The third kappa shape index (κ3) is 2.85. The van der Waals surface area contributed by atoms with E-state index in [-0.39, 0.29) is 5.69 Å². The van der Waals surface area contributed by atoms with Crippen molar-refractivity contribution in [3.63, 3.8) is 0 Å². The molecule has 3 rings (SSSR count). The van der Waals surface area contributed by atoms with E-state index in [4.69, 9.17) is 0 Å². The number of pyridine rings is 1. The summed E-state index contributed by atoms with van der Waals surface area (Å²) in [6.45, 7) is 2.65. The van der Waals surface area contributed by atoms with Crippen molar-refractivity contribution in [2.75, 3.05) is 25.0 Å². The molecule has 1 aromatic heterocycles. The second kappa shape index (κ2) is 5.88. The molecule has 0 fully saturated rings. The first-order valence-corrected chi connectivity index (χ1v) is 6.90. The molecule has 2 aromatic rings. The van der Waals surface area contributed by atoms with Gasteiger partial charge in [-0.25, -0.2) is 4.98 Å². The highest BCUT2D eigenvalue weighted by molar-refractivity contribution is 5.96. The van der Waals surface area contributed by atoms with Crippen LogP contribution in [-0.4, -0.2) is 29.5 Å². The summed E-state index contributed by atoms with van der Waals surface area (Å²) in [5.41, 5.74) is 2.69. The van der Waals surface area contributed by atoms with E-state index >= 15 is 0 Å². The number of aromatic nitrogens is 1. The van der Waals surface area contributed by atoms with Gasteiger partial charge < -0.3 is 10.6 Å². The zero-order chi connectivity index (χ0) is 14.7. The van der Waals surface area contributed by atoms with Gasteiger partial charge in [0.05, 0.1) is 4.92 Å². The van der Waals surface area contributed by atoms with Crippen molar-refractivity contribution in [2.24, 2.45) is 0 Å². The Morgan fingerprint density at radius 2 is 2.29 bits per heavy atom. The molecule has 0 saturated carbocycles. The molecule has 2 heterocycles. The van der Waals surface area contributed by atoms with E-state index < -0.39 is 4.92 Å². The molecular weight excluding hydrogens is 268 g/mol. The fourth-order valence-electron chi connectivity index (χ4n) is 2.50. The van der Waals surface area contributed by atoms with Crippen molar-refractivity contribution in [2.45, 2.75) is 6.42 Å². The Bertz CT molecular complexity index is 712. The molecule has 0 radical (unpaired) electrons. The Balaban J connectivity index is 1.90. The lowest BCUT2D eigenvalue weighted by Crippen LogP contribution is -2.23. The number of nitro groups is 1. The number of hydrogen-bond donors (Lipinski definition) is 2. The molecule has 108 valence electrons. The maximum atomic E-state index is 11.1. The molecule has 1 aliphatic rings. The van der Waals surface area contributed by atoms with Gasteiger partial charge in [0, 0.05) is 36.4 Å². The van der Waals surface area contributed by atoms with E-state index in [1.807, 2.05) is 6.07 Å². The van der Waals surface area contributed by atoms with Crippen LogP contribution in [0.3, 0.4) is 0 Å². The van der Waals surface area contributed by atoms with Crippen LogP contribution >= 0.6 is 0 Å². The number of non-ortho nitro benzene ring substituents is 1. The highest BCUT2D eigenvalue weighted by atomic mass is 16.6. The van der Waals surface area contributed by atoms with Crippen LogP contribution in [0.1, 0.15) is 6.42 Å². The van der Waals surface area contributed by atoms with Crippen LogP contribution in [0.25, 0.3) is 10.9 Å². The summed E-state index contributed by atoms with van der Waals surface area (Å²) in [6.07, 6.45) is 4.78. The molecule has 6 nitrogen and oxygen atoms in total. The first-order valence-electron chi connectivity index (χ1n) is 6.90. The Morgan fingerprint density at radius 3 is 3.05 bits per heavy atom. The maximum absolute atomic E-state index is 11.1. The second-order valence-electron chi connectivity index (χ2n) is 4.96. The van der Waals surface area contributed by atoms with Gasteiger partial charge in [-0.15, -0.1) is 0 Å². The minimum atomic E-state index is -0.394. The minimum Gasteiger partial charge on any atom is -0.381 e. The van der Waals surface area contributed by atoms with Crippen LogP contribution in [-0.2, 0) is 0 Å². The summed E-state index contributed by atoms with van der Waals surface area (Å²) < 4.78 is 0. The monoisotopic (exact) mass is 284 g/mol. The van der Waals surface area contributed by atoms with Gasteiger partial charge in [0.2, 0.25) is 0 Å². The lowest BCUT2D eigenvalue weighted by atomic mass is 10.1. The highest BCUT2D eigenvalue weighted by Gasteiger charge is 2.15. The summed E-state index contributed by atoms with van der Waals surface area (Å²) in [4.78, 5) is 14.8. The van der Waals surface area contributed by atoms with Crippen LogP contribution in [0.2, 0.25) is 0 Å². The molecule has 0 saturated heterocycles. The van der Waals surface area contributed by atoms with Gasteiger partial charge in [0.15, 0.2) is 0 Å². The predicted molar refractivity (Wildman–Crippen MR) is 82.5 cm³/mol. The largest absolute Gasteiger partial charge is 0.381 e. The molecule has 1 aliphatic heterocycles. The normalized spacial score (nSPS) is 14.8. The Morgan fingerprint density at radius 1 is 1.38 bits per heavy atom. The fourth-order valence-corrected chi connectivity index (χ4v) is 2.50. The number of nitrogens with zero attached hydrogens (tertiary/aromatic N) is 2. The number of hydrogen-bond acceptors (Lipinski definition) is 5. The van der Waals surface area contributed by atoms with Crippen molar-refractivity contribution in [3.05, 3.63) is 52.2 Å². The Hall–Kier alpha value is -2.47. The summed E-state index contributed by atoms with van der Waals surface area (Å²) in [6, 6.07) is 6.91. The first-order chi connectivity index (χ1) is 10.3. The average Bonchev–Trinajstić information content (AvgIpc) is 2.53. The van der Waals surface area contributed by atoms with Crippen molar-refractivity contribution < 1.29 is 4.92 Å². The van der Waals surface area contributed by atoms with Gasteiger partial charge in [0.25, 0.3) is 5.69 Å². The summed E-state index contributed by atoms with van der Waals surface area (Å²) in [5, 5.41) is 18.5. The lowest BCUT2D eigenvalue weighted by molar-refractivity contribution is -0.383. The van der Waals surface area contributed by atoms with Crippen molar-refractivity contribution in [1.82, 2.24) is 10.3 Å². The van der Waals surface area contributed by atoms with Crippen LogP contribution < -0.4 is 10.6 Å². The molecule has 1 aromatic carbocycles. The predicted octanol–water partition coefficient (Wildman–Crippen LogP) is 2.47. The quantitative estimate of drug-likeness (QED) is 0.512. The molecule has 0 aliphatic carbocycles. The number of nitrogens with one attached hydrogen (secondary N) is 2. The molecule has 0 unspecified atom stereocenters. The Kier molecular flexibility index (Phi) is 3.79. The van der Waals surface area contributed by atoms with Crippen LogP contribution in [0, 0.1) is 10.1 Å². The lowest BCUT2D eigenvalue weighted by Gasteiger charge is -2.16. The molecular formula is C15H16N4O2. The SMILES string of the molecule is O=[N+]([O-])c1ccc(NCC2=CCNCC2)c2cccnc12. The van der Waals surface area contributed by atoms with Gasteiger partial charge in [-0.1, -0.05) is 11.6 Å². The Labute approximate surface area is 122 Å². The summed E-state index contributed by atoms with van der Waals surface area (Å²) in [5.74, 6) is 0.